The molecule has 0 radical (unpaired) electrons. The minimum atomic E-state index is -0.697. The molecule has 9 heteroatoms. The maximum Gasteiger partial charge on any atom is 0.261 e. The summed E-state index contributed by atoms with van der Waals surface area (Å²) in [4.78, 5) is 26.8. The van der Waals surface area contributed by atoms with Crippen molar-refractivity contribution < 1.29 is 14.3 Å². The molecule has 2 aromatic rings. The third-order valence-electron chi connectivity index (χ3n) is 4.27. The highest BCUT2D eigenvalue weighted by atomic mass is 79.9. The second kappa shape index (κ2) is 11.1. The molecule has 0 heterocycles. The molecule has 0 saturated carbocycles. The van der Waals surface area contributed by atoms with Crippen molar-refractivity contribution in [3.8, 4) is 5.75 Å². The highest BCUT2D eigenvalue weighted by molar-refractivity contribution is 9.10. The fourth-order valence-corrected chi connectivity index (χ4v) is 4.07. The maximum atomic E-state index is 13.0. The normalized spacial score (nSPS) is 11.7. The molecule has 2 aromatic carbocycles. The zero-order valence-corrected chi connectivity index (χ0v) is 19.7. The van der Waals surface area contributed by atoms with E-state index in [0.29, 0.717) is 37.3 Å². The van der Waals surface area contributed by atoms with Crippen molar-refractivity contribution in [2.75, 3.05) is 13.7 Å². The molecule has 1 unspecified atom stereocenters. The Hall–Kier alpha value is -1.47. The Balaban J connectivity index is 2.28. The summed E-state index contributed by atoms with van der Waals surface area (Å²) in [5.74, 6) is -0.193. The molecule has 0 aliphatic carbocycles. The number of nitrogens with one attached hydrogen (secondary N) is 1. The fourth-order valence-electron chi connectivity index (χ4n) is 2.75. The molecule has 1 N–H and O–H groups in total. The molecule has 0 spiro atoms. The van der Waals surface area contributed by atoms with Crippen LogP contribution in [0.25, 0.3) is 0 Å². The summed E-state index contributed by atoms with van der Waals surface area (Å²) < 4.78 is 6.27. The van der Waals surface area contributed by atoms with Gasteiger partial charge in [-0.1, -0.05) is 47.8 Å². The van der Waals surface area contributed by atoms with Crippen molar-refractivity contribution in [3.05, 3.63) is 61.5 Å². The second-order valence-electron chi connectivity index (χ2n) is 6.12. The van der Waals surface area contributed by atoms with Crippen molar-refractivity contribution in [3.63, 3.8) is 0 Å². The van der Waals surface area contributed by atoms with Crippen molar-refractivity contribution in [1.29, 1.82) is 0 Å². The molecule has 5 nitrogen and oxygen atoms in total. The lowest BCUT2D eigenvalue weighted by molar-refractivity contribution is -0.142. The van der Waals surface area contributed by atoms with Crippen LogP contribution in [0.1, 0.15) is 18.9 Å². The van der Waals surface area contributed by atoms with Crippen molar-refractivity contribution in [2.24, 2.45) is 0 Å². The van der Waals surface area contributed by atoms with E-state index >= 15 is 0 Å². The van der Waals surface area contributed by atoms with E-state index in [9.17, 15) is 9.59 Å². The van der Waals surface area contributed by atoms with Gasteiger partial charge >= 0.3 is 0 Å². The molecule has 0 saturated heterocycles. The Morgan fingerprint density at radius 3 is 2.38 bits per heavy atom. The van der Waals surface area contributed by atoms with Crippen LogP contribution >= 0.6 is 50.7 Å². The zero-order valence-electron chi connectivity index (χ0n) is 15.8. The Morgan fingerprint density at radius 1 is 1.17 bits per heavy atom. The average Bonchev–Trinajstić information content (AvgIpc) is 2.68. The Bertz CT molecular complexity index is 875. The number of hydrogen-bond acceptors (Lipinski definition) is 3. The van der Waals surface area contributed by atoms with E-state index in [1.807, 2.05) is 6.92 Å². The standard InChI is InChI=1S/C20H20BrCl3N2O3/c1-3-17(20(28)25-2)26(10-13-15(23)5-4-6-16(13)24)19(27)11-29-18-8-7-12(22)9-14(18)21/h4-9,17H,3,10-11H2,1-2H3,(H,25,28). The minimum absolute atomic E-state index is 0.0778. The Morgan fingerprint density at radius 2 is 1.83 bits per heavy atom. The molecule has 0 aliphatic rings. The predicted molar refractivity (Wildman–Crippen MR) is 120 cm³/mol. The van der Waals surface area contributed by atoms with Gasteiger partial charge in [0.05, 0.1) is 4.47 Å². The van der Waals surface area contributed by atoms with Crippen LogP contribution in [0.3, 0.4) is 0 Å². The van der Waals surface area contributed by atoms with Gasteiger partial charge in [0.1, 0.15) is 11.8 Å². The molecule has 0 aliphatic heterocycles. The van der Waals surface area contributed by atoms with Crippen LogP contribution in [0.2, 0.25) is 15.1 Å². The molecule has 156 valence electrons. The van der Waals surface area contributed by atoms with Gasteiger partial charge in [-0.05, 0) is 52.7 Å². The summed E-state index contributed by atoms with van der Waals surface area (Å²) in [6.45, 7) is 1.63. The van der Waals surface area contributed by atoms with Gasteiger partial charge in [0.15, 0.2) is 6.61 Å². The van der Waals surface area contributed by atoms with Gasteiger partial charge in [-0.25, -0.2) is 0 Å². The highest BCUT2D eigenvalue weighted by Gasteiger charge is 2.29. The Kier molecular flexibility index (Phi) is 9.08. The van der Waals surface area contributed by atoms with E-state index in [2.05, 4.69) is 21.2 Å². The van der Waals surface area contributed by atoms with Crippen LogP contribution in [0, 0.1) is 0 Å². The molecule has 0 fully saturated rings. The number of carbonyl (C=O) groups excluding carboxylic acids is 2. The highest BCUT2D eigenvalue weighted by Crippen LogP contribution is 2.29. The average molecular weight is 523 g/mol. The Labute approximate surface area is 193 Å². The first-order chi connectivity index (χ1) is 13.8. The quantitative estimate of drug-likeness (QED) is 0.509. The van der Waals surface area contributed by atoms with Gasteiger partial charge in [0, 0.05) is 34.2 Å². The number of hydrogen-bond donors (Lipinski definition) is 1. The van der Waals surface area contributed by atoms with Crippen LogP contribution < -0.4 is 10.1 Å². The number of likely N-dealkylation sites (N-methyl/N-ethyl adjacent to an activating group) is 1. The molecular weight excluding hydrogens is 502 g/mol. The van der Waals surface area contributed by atoms with Gasteiger partial charge in [-0.3, -0.25) is 9.59 Å². The van der Waals surface area contributed by atoms with Crippen LogP contribution in [0.4, 0.5) is 0 Å². The summed E-state index contributed by atoms with van der Waals surface area (Å²) in [6, 6.07) is 9.38. The molecule has 0 bridgehead atoms. The van der Waals surface area contributed by atoms with Gasteiger partial charge in [0.2, 0.25) is 5.91 Å². The number of ether oxygens (including phenoxy) is 1. The number of benzene rings is 2. The van der Waals surface area contributed by atoms with Gasteiger partial charge < -0.3 is 15.0 Å². The molecule has 29 heavy (non-hydrogen) atoms. The van der Waals surface area contributed by atoms with Crippen molar-refractivity contribution in [1.82, 2.24) is 10.2 Å². The number of halogens is 4. The monoisotopic (exact) mass is 520 g/mol. The molecule has 2 rings (SSSR count). The summed E-state index contributed by atoms with van der Waals surface area (Å²) in [5.41, 5.74) is 0.569. The topological polar surface area (TPSA) is 58.6 Å². The minimum Gasteiger partial charge on any atom is -0.483 e. The lowest BCUT2D eigenvalue weighted by atomic mass is 10.1. The van der Waals surface area contributed by atoms with E-state index in [0.717, 1.165) is 0 Å². The largest absolute Gasteiger partial charge is 0.483 e. The molecule has 0 aromatic heterocycles. The van der Waals surface area contributed by atoms with E-state index in [1.165, 1.54) is 11.9 Å². The van der Waals surface area contributed by atoms with Gasteiger partial charge in [-0.15, -0.1) is 0 Å². The molecular formula is C20H20BrCl3N2O3. The van der Waals surface area contributed by atoms with Crippen molar-refractivity contribution >= 4 is 62.5 Å². The van der Waals surface area contributed by atoms with E-state index < -0.39 is 6.04 Å². The molecule has 1 atom stereocenters. The molecule has 2 amide bonds. The number of rotatable bonds is 8. The van der Waals surface area contributed by atoms with Crippen LogP contribution in [-0.2, 0) is 16.1 Å². The predicted octanol–water partition coefficient (Wildman–Crippen LogP) is 5.34. The third-order valence-corrected chi connectivity index (χ3v) is 5.83. The first-order valence-corrected chi connectivity index (χ1v) is 10.7. The lowest BCUT2D eigenvalue weighted by Gasteiger charge is -2.30. The number of nitrogens with zero attached hydrogens (tertiary/aromatic N) is 1. The van der Waals surface area contributed by atoms with E-state index in [4.69, 9.17) is 39.5 Å². The van der Waals surface area contributed by atoms with Crippen LogP contribution in [0.5, 0.6) is 5.75 Å². The first-order valence-electron chi connectivity index (χ1n) is 8.80. The second-order valence-corrected chi connectivity index (χ2v) is 8.23. The SMILES string of the molecule is CCC(C(=O)NC)N(Cc1c(Cl)cccc1Cl)C(=O)COc1ccc(Cl)cc1Br. The van der Waals surface area contributed by atoms with Gasteiger partial charge in [-0.2, -0.15) is 0 Å². The smallest absolute Gasteiger partial charge is 0.261 e. The number of amides is 2. The van der Waals surface area contributed by atoms with Crippen LogP contribution in [-0.4, -0.2) is 36.4 Å². The summed E-state index contributed by atoms with van der Waals surface area (Å²) in [5, 5.41) is 3.97. The zero-order chi connectivity index (χ0) is 21.6. The first kappa shape index (κ1) is 23.8. The van der Waals surface area contributed by atoms with Gasteiger partial charge in [0.25, 0.3) is 5.91 Å². The third kappa shape index (κ3) is 6.25. The fraction of sp³-hybridized carbons (Fsp3) is 0.300. The summed E-state index contributed by atoms with van der Waals surface area (Å²) >= 11 is 21.8. The van der Waals surface area contributed by atoms with Crippen LogP contribution in [0.15, 0.2) is 40.9 Å². The number of carbonyl (C=O) groups is 2. The van der Waals surface area contributed by atoms with Crippen molar-refractivity contribution in [2.45, 2.75) is 25.9 Å². The lowest BCUT2D eigenvalue weighted by Crippen LogP contribution is -2.49. The van der Waals surface area contributed by atoms with E-state index in [-0.39, 0.29) is 25.0 Å². The summed E-state index contributed by atoms with van der Waals surface area (Å²) in [6.07, 6.45) is 0.415. The summed E-state index contributed by atoms with van der Waals surface area (Å²) in [7, 11) is 1.53. The maximum absolute atomic E-state index is 13.0. The van der Waals surface area contributed by atoms with E-state index in [1.54, 1.807) is 36.4 Å².